The maximum atomic E-state index is 10.7. The van der Waals surface area contributed by atoms with Crippen LogP contribution in [0.1, 0.15) is 27.2 Å². The predicted octanol–water partition coefficient (Wildman–Crippen LogP) is 1.86. The third-order valence-corrected chi connectivity index (χ3v) is 1.64. The van der Waals surface area contributed by atoms with Crippen molar-refractivity contribution < 1.29 is 9.53 Å². The lowest BCUT2D eigenvalue weighted by atomic mass is 10.1. The molecule has 1 saturated heterocycles. The average Bonchev–Trinajstić information content (AvgIpc) is 2.10. The Morgan fingerprint density at radius 2 is 2.20 bits per heavy atom. The van der Waals surface area contributed by atoms with Crippen molar-refractivity contribution in [2.45, 2.75) is 27.2 Å². The number of hydrogen-bond donors (Lipinski definition) is 0. The van der Waals surface area contributed by atoms with Crippen LogP contribution >= 0.6 is 0 Å². The fraction of sp³-hybridized carbons (Fsp3) is 0.625. The summed E-state index contributed by atoms with van der Waals surface area (Å²) in [6, 6.07) is 0. The van der Waals surface area contributed by atoms with Crippen LogP contribution in [-0.2, 0) is 9.53 Å². The quantitative estimate of drug-likeness (QED) is 0.480. The van der Waals surface area contributed by atoms with Crippen molar-refractivity contribution in [3.05, 3.63) is 11.3 Å². The fourth-order valence-electron chi connectivity index (χ4n) is 1.20. The van der Waals surface area contributed by atoms with Gasteiger partial charge in [0.2, 0.25) is 0 Å². The molecule has 0 bridgehead atoms. The molecule has 2 nitrogen and oxygen atoms in total. The molecule has 0 aliphatic carbocycles. The van der Waals surface area contributed by atoms with Crippen LogP contribution in [0, 0.1) is 5.92 Å². The summed E-state index contributed by atoms with van der Waals surface area (Å²) in [6.07, 6.45) is 0.542. The maximum absolute atomic E-state index is 10.7. The Balaban J connectivity index is 2.83. The summed E-state index contributed by atoms with van der Waals surface area (Å²) < 4.78 is 4.98. The lowest BCUT2D eigenvalue weighted by Gasteiger charge is -2.02. The summed E-state index contributed by atoms with van der Waals surface area (Å²) in [7, 11) is 0. The van der Waals surface area contributed by atoms with Crippen LogP contribution in [0.15, 0.2) is 11.3 Å². The van der Waals surface area contributed by atoms with Crippen LogP contribution < -0.4 is 0 Å². The highest BCUT2D eigenvalue weighted by molar-refractivity contribution is 5.74. The van der Waals surface area contributed by atoms with Gasteiger partial charge in [-0.25, -0.2) is 0 Å². The van der Waals surface area contributed by atoms with E-state index in [1.54, 1.807) is 0 Å². The molecule has 1 rings (SSSR count). The number of esters is 1. The molecule has 0 spiro atoms. The lowest BCUT2D eigenvalue weighted by Crippen LogP contribution is -1.91. The van der Waals surface area contributed by atoms with Gasteiger partial charge in [0.25, 0.3) is 0 Å². The van der Waals surface area contributed by atoms with Gasteiger partial charge in [-0.3, -0.25) is 4.79 Å². The second-order valence-electron chi connectivity index (χ2n) is 2.94. The van der Waals surface area contributed by atoms with E-state index in [1.807, 2.05) is 20.8 Å². The number of cyclic esters (lactones) is 1. The molecular weight excluding hydrogens is 128 g/mol. The molecule has 10 heavy (non-hydrogen) atoms. The van der Waals surface area contributed by atoms with E-state index < -0.39 is 0 Å². The minimum atomic E-state index is -0.0938. The van der Waals surface area contributed by atoms with Gasteiger partial charge >= 0.3 is 5.97 Å². The SMILES string of the molecule is CC(C)=C1OC(=O)CC1C. The molecule has 0 N–H and O–H groups in total. The smallest absolute Gasteiger partial charge is 0.311 e. The molecule has 1 unspecified atom stereocenters. The van der Waals surface area contributed by atoms with Crippen LogP contribution in [0.3, 0.4) is 0 Å². The van der Waals surface area contributed by atoms with E-state index in [0.717, 1.165) is 11.3 Å². The van der Waals surface area contributed by atoms with Gasteiger partial charge in [0.1, 0.15) is 5.76 Å². The van der Waals surface area contributed by atoms with Gasteiger partial charge in [-0.2, -0.15) is 0 Å². The van der Waals surface area contributed by atoms with Crippen molar-refractivity contribution in [3.63, 3.8) is 0 Å². The van der Waals surface area contributed by atoms with E-state index in [4.69, 9.17) is 4.74 Å². The highest BCUT2D eigenvalue weighted by Gasteiger charge is 2.26. The van der Waals surface area contributed by atoms with Crippen LogP contribution in [-0.4, -0.2) is 5.97 Å². The summed E-state index contributed by atoms with van der Waals surface area (Å²) in [5.41, 5.74) is 1.11. The zero-order valence-electron chi connectivity index (χ0n) is 6.60. The third kappa shape index (κ3) is 1.20. The summed E-state index contributed by atoms with van der Waals surface area (Å²) >= 11 is 0. The Morgan fingerprint density at radius 3 is 2.40 bits per heavy atom. The summed E-state index contributed by atoms with van der Waals surface area (Å²) in [5.74, 6) is 1.06. The molecule has 0 radical (unpaired) electrons. The second-order valence-corrected chi connectivity index (χ2v) is 2.94. The first-order chi connectivity index (χ1) is 4.61. The molecule has 0 saturated carbocycles. The Kier molecular flexibility index (Phi) is 1.79. The lowest BCUT2D eigenvalue weighted by molar-refractivity contribution is -0.135. The number of carbonyl (C=O) groups is 1. The van der Waals surface area contributed by atoms with Gasteiger partial charge in [-0.15, -0.1) is 0 Å². The number of ether oxygens (including phenoxy) is 1. The van der Waals surface area contributed by atoms with Gasteiger partial charge in [0, 0.05) is 5.92 Å². The van der Waals surface area contributed by atoms with Crippen molar-refractivity contribution in [2.75, 3.05) is 0 Å². The average molecular weight is 140 g/mol. The second kappa shape index (κ2) is 2.45. The molecule has 0 aromatic carbocycles. The number of hydrogen-bond acceptors (Lipinski definition) is 2. The van der Waals surface area contributed by atoms with Crippen LogP contribution in [0.25, 0.3) is 0 Å². The molecule has 1 aliphatic rings. The first kappa shape index (κ1) is 7.32. The first-order valence-corrected chi connectivity index (χ1v) is 3.49. The van der Waals surface area contributed by atoms with Crippen molar-refractivity contribution in [1.82, 2.24) is 0 Å². The Morgan fingerprint density at radius 1 is 1.60 bits per heavy atom. The standard InChI is InChI=1S/C8H12O2/c1-5(2)8-6(3)4-7(9)10-8/h6H,4H2,1-3H3. The first-order valence-electron chi connectivity index (χ1n) is 3.49. The summed E-state index contributed by atoms with van der Waals surface area (Å²) in [4.78, 5) is 10.7. The topological polar surface area (TPSA) is 26.3 Å². The third-order valence-electron chi connectivity index (χ3n) is 1.64. The van der Waals surface area contributed by atoms with E-state index >= 15 is 0 Å². The monoisotopic (exact) mass is 140 g/mol. The van der Waals surface area contributed by atoms with Gasteiger partial charge < -0.3 is 4.74 Å². The number of rotatable bonds is 0. The Bertz CT molecular complexity index is 187. The Labute approximate surface area is 60.9 Å². The molecular formula is C8H12O2. The molecule has 1 heterocycles. The van der Waals surface area contributed by atoms with Crippen molar-refractivity contribution >= 4 is 5.97 Å². The van der Waals surface area contributed by atoms with Gasteiger partial charge in [-0.1, -0.05) is 6.92 Å². The van der Waals surface area contributed by atoms with Crippen LogP contribution in [0.4, 0.5) is 0 Å². The van der Waals surface area contributed by atoms with E-state index in [-0.39, 0.29) is 11.9 Å². The van der Waals surface area contributed by atoms with E-state index in [2.05, 4.69) is 0 Å². The number of allylic oxidation sites excluding steroid dienone is 2. The molecule has 0 amide bonds. The zero-order chi connectivity index (χ0) is 7.72. The zero-order valence-corrected chi connectivity index (χ0v) is 6.60. The summed E-state index contributed by atoms with van der Waals surface area (Å²) in [5, 5.41) is 0. The minimum Gasteiger partial charge on any atom is -0.431 e. The van der Waals surface area contributed by atoms with E-state index in [9.17, 15) is 4.79 Å². The molecule has 1 atom stereocenters. The van der Waals surface area contributed by atoms with E-state index in [0.29, 0.717) is 6.42 Å². The molecule has 2 heteroatoms. The number of carbonyl (C=O) groups excluding carboxylic acids is 1. The van der Waals surface area contributed by atoms with Crippen molar-refractivity contribution in [3.8, 4) is 0 Å². The molecule has 0 aromatic heterocycles. The maximum Gasteiger partial charge on any atom is 0.311 e. The Hall–Kier alpha value is -0.790. The van der Waals surface area contributed by atoms with Gasteiger partial charge in [-0.05, 0) is 19.4 Å². The highest BCUT2D eigenvalue weighted by atomic mass is 16.5. The van der Waals surface area contributed by atoms with E-state index in [1.165, 1.54) is 0 Å². The van der Waals surface area contributed by atoms with Crippen molar-refractivity contribution in [2.24, 2.45) is 5.92 Å². The largest absolute Gasteiger partial charge is 0.431 e. The molecule has 1 aliphatic heterocycles. The summed E-state index contributed by atoms with van der Waals surface area (Å²) in [6.45, 7) is 5.93. The molecule has 0 aromatic rings. The van der Waals surface area contributed by atoms with Gasteiger partial charge in [0.15, 0.2) is 0 Å². The van der Waals surface area contributed by atoms with Crippen molar-refractivity contribution in [1.29, 1.82) is 0 Å². The molecule has 1 fully saturated rings. The van der Waals surface area contributed by atoms with Crippen LogP contribution in [0.5, 0.6) is 0 Å². The molecule has 56 valence electrons. The highest BCUT2D eigenvalue weighted by Crippen LogP contribution is 2.27. The normalized spacial score (nSPS) is 24.9. The van der Waals surface area contributed by atoms with Crippen LogP contribution in [0.2, 0.25) is 0 Å². The minimum absolute atomic E-state index is 0.0938. The predicted molar refractivity (Wildman–Crippen MR) is 38.2 cm³/mol. The fourth-order valence-corrected chi connectivity index (χ4v) is 1.20. The van der Waals surface area contributed by atoms with Gasteiger partial charge in [0.05, 0.1) is 6.42 Å².